The van der Waals surface area contributed by atoms with E-state index in [-0.39, 0.29) is 5.41 Å². The maximum atomic E-state index is 10.7. The van der Waals surface area contributed by atoms with Crippen LogP contribution in [0.15, 0.2) is 47.5 Å². The largest absolute Gasteiger partial charge is 0.507 e. The molecule has 0 heterocycles. The molecule has 0 aliphatic heterocycles. The van der Waals surface area contributed by atoms with Gasteiger partial charge in [0.1, 0.15) is 5.75 Å². The molecule has 0 aliphatic rings. The third-order valence-electron chi connectivity index (χ3n) is 4.27. The maximum absolute atomic E-state index is 10.7. The average molecular weight is 295 g/mol. The molecule has 0 amide bonds. The van der Waals surface area contributed by atoms with Crippen LogP contribution in [0.4, 0.5) is 0 Å². The van der Waals surface area contributed by atoms with Gasteiger partial charge in [0, 0.05) is 23.9 Å². The van der Waals surface area contributed by atoms with E-state index in [0.717, 1.165) is 28.7 Å². The normalized spacial score (nSPS) is 12.0. The van der Waals surface area contributed by atoms with Crippen LogP contribution in [-0.2, 0) is 5.41 Å². The molecule has 116 valence electrons. The van der Waals surface area contributed by atoms with Crippen LogP contribution in [-0.4, -0.2) is 17.9 Å². The molecular weight excluding hydrogens is 270 g/mol. The molecule has 0 saturated heterocycles. The zero-order chi connectivity index (χ0) is 16.2. The number of benzene rings is 2. The van der Waals surface area contributed by atoms with Crippen LogP contribution in [0.5, 0.6) is 5.75 Å². The highest BCUT2D eigenvalue weighted by Crippen LogP contribution is 2.38. The monoisotopic (exact) mass is 295 g/mol. The van der Waals surface area contributed by atoms with Gasteiger partial charge in [0.05, 0.1) is 0 Å². The van der Waals surface area contributed by atoms with Crippen molar-refractivity contribution < 1.29 is 5.11 Å². The van der Waals surface area contributed by atoms with E-state index in [4.69, 9.17) is 0 Å². The smallest absolute Gasteiger partial charge is 0.128 e. The average Bonchev–Trinajstić information content (AvgIpc) is 2.54. The molecule has 2 aromatic rings. The van der Waals surface area contributed by atoms with Gasteiger partial charge in [-0.05, 0) is 42.0 Å². The summed E-state index contributed by atoms with van der Waals surface area (Å²) in [5.41, 5.74) is 3.96. The van der Waals surface area contributed by atoms with E-state index in [1.807, 2.05) is 31.2 Å². The summed E-state index contributed by atoms with van der Waals surface area (Å²) in [5.74, 6) is 0.351. The Bertz CT molecular complexity index is 657. The van der Waals surface area contributed by atoms with Gasteiger partial charge in [-0.2, -0.15) is 0 Å². The highest BCUT2D eigenvalue weighted by molar-refractivity contribution is 5.87. The van der Waals surface area contributed by atoms with Gasteiger partial charge in [-0.1, -0.05) is 51.1 Å². The van der Waals surface area contributed by atoms with Crippen molar-refractivity contribution >= 4 is 6.21 Å². The van der Waals surface area contributed by atoms with E-state index in [1.54, 1.807) is 6.21 Å². The van der Waals surface area contributed by atoms with E-state index >= 15 is 0 Å². The minimum Gasteiger partial charge on any atom is -0.507 e. The first-order chi connectivity index (χ1) is 10.5. The molecule has 0 radical (unpaired) electrons. The lowest BCUT2D eigenvalue weighted by Gasteiger charge is -2.26. The van der Waals surface area contributed by atoms with Gasteiger partial charge in [0.25, 0.3) is 0 Å². The Kier molecular flexibility index (Phi) is 5.02. The number of hydrogen-bond donors (Lipinski definition) is 1. The van der Waals surface area contributed by atoms with Crippen molar-refractivity contribution in [2.75, 3.05) is 6.54 Å². The van der Waals surface area contributed by atoms with Gasteiger partial charge >= 0.3 is 0 Å². The lowest BCUT2D eigenvalue weighted by atomic mass is 9.79. The summed E-state index contributed by atoms with van der Waals surface area (Å²) in [4.78, 5) is 4.30. The van der Waals surface area contributed by atoms with Crippen LogP contribution in [0.2, 0.25) is 0 Å². The summed E-state index contributed by atoms with van der Waals surface area (Å²) in [7, 11) is 0. The van der Waals surface area contributed by atoms with Crippen molar-refractivity contribution in [2.45, 2.75) is 39.5 Å². The Hall–Kier alpha value is -2.09. The summed E-state index contributed by atoms with van der Waals surface area (Å²) >= 11 is 0. The number of rotatable bonds is 5. The first kappa shape index (κ1) is 16.3. The van der Waals surface area contributed by atoms with Gasteiger partial charge in [0.2, 0.25) is 0 Å². The lowest BCUT2D eigenvalue weighted by molar-refractivity contribution is 0.428. The summed E-state index contributed by atoms with van der Waals surface area (Å²) in [6, 6.07) is 14.4. The van der Waals surface area contributed by atoms with Gasteiger partial charge in [0.15, 0.2) is 0 Å². The van der Waals surface area contributed by atoms with Crippen molar-refractivity contribution in [2.24, 2.45) is 4.99 Å². The third kappa shape index (κ3) is 3.38. The quantitative estimate of drug-likeness (QED) is 0.757. The van der Waals surface area contributed by atoms with Gasteiger partial charge in [-0.3, -0.25) is 4.99 Å². The van der Waals surface area contributed by atoms with Crippen molar-refractivity contribution in [1.82, 2.24) is 0 Å². The summed E-state index contributed by atoms with van der Waals surface area (Å²) in [6.45, 7) is 9.18. The minimum absolute atomic E-state index is 0.0797. The zero-order valence-corrected chi connectivity index (χ0v) is 13.9. The Morgan fingerprint density at radius 3 is 2.32 bits per heavy atom. The Morgan fingerprint density at radius 2 is 1.73 bits per heavy atom. The SMILES string of the molecule is CCN=Cc1cc(-c2ccccc2)cc(C(C)(C)CC)c1O. The Morgan fingerprint density at radius 1 is 1.05 bits per heavy atom. The van der Waals surface area contributed by atoms with Crippen LogP contribution in [0.25, 0.3) is 11.1 Å². The predicted octanol–water partition coefficient (Wildman–Crippen LogP) is 5.19. The van der Waals surface area contributed by atoms with Crippen LogP contribution in [0.1, 0.15) is 45.2 Å². The molecule has 22 heavy (non-hydrogen) atoms. The van der Waals surface area contributed by atoms with Gasteiger partial charge in [-0.15, -0.1) is 0 Å². The predicted molar refractivity (Wildman–Crippen MR) is 95.0 cm³/mol. The number of hydrogen-bond acceptors (Lipinski definition) is 2. The summed E-state index contributed by atoms with van der Waals surface area (Å²) in [6.07, 6.45) is 2.74. The molecule has 0 unspecified atom stereocenters. The van der Waals surface area contributed by atoms with Crippen LogP contribution < -0.4 is 0 Å². The molecule has 0 atom stereocenters. The number of phenolic OH excluding ortho intramolecular Hbond substituents is 1. The van der Waals surface area contributed by atoms with Crippen molar-refractivity contribution in [3.63, 3.8) is 0 Å². The van der Waals surface area contributed by atoms with Crippen LogP contribution >= 0.6 is 0 Å². The standard InChI is InChI=1S/C20H25NO/c1-5-20(3,4)18-13-16(15-10-8-7-9-11-15)12-17(19(18)22)14-21-6-2/h7-14,22H,5-6H2,1-4H3. The minimum atomic E-state index is -0.0797. The first-order valence-electron chi connectivity index (χ1n) is 7.92. The van der Waals surface area contributed by atoms with Crippen molar-refractivity contribution in [3.05, 3.63) is 53.6 Å². The molecule has 1 N–H and O–H groups in total. The number of nitrogens with zero attached hydrogens (tertiary/aromatic N) is 1. The molecule has 0 aliphatic carbocycles. The second kappa shape index (κ2) is 6.78. The lowest BCUT2D eigenvalue weighted by Crippen LogP contribution is -2.16. The molecule has 2 rings (SSSR count). The molecule has 0 saturated carbocycles. The molecule has 0 bridgehead atoms. The second-order valence-electron chi connectivity index (χ2n) is 6.19. The van der Waals surface area contributed by atoms with Gasteiger partial charge in [-0.25, -0.2) is 0 Å². The highest BCUT2D eigenvalue weighted by Gasteiger charge is 2.24. The van der Waals surface area contributed by atoms with E-state index in [1.165, 1.54) is 0 Å². The zero-order valence-electron chi connectivity index (χ0n) is 13.9. The van der Waals surface area contributed by atoms with Crippen molar-refractivity contribution in [1.29, 1.82) is 0 Å². The molecule has 2 aromatic carbocycles. The number of phenols is 1. The van der Waals surface area contributed by atoms with Crippen LogP contribution in [0, 0.1) is 0 Å². The number of aromatic hydroxyl groups is 1. The molecule has 0 fully saturated rings. The second-order valence-corrected chi connectivity index (χ2v) is 6.19. The number of aliphatic imine (C=N–C) groups is 1. The molecule has 0 spiro atoms. The summed E-state index contributed by atoms with van der Waals surface area (Å²) < 4.78 is 0. The topological polar surface area (TPSA) is 32.6 Å². The fourth-order valence-corrected chi connectivity index (χ4v) is 2.45. The third-order valence-corrected chi connectivity index (χ3v) is 4.27. The van der Waals surface area contributed by atoms with Crippen molar-refractivity contribution in [3.8, 4) is 16.9 Å². The molecular formula is C20H25NO. The Labute approximate surface area is 133 Å². The van der Waals surface area contributed by atoms with E-state index < -0.39 is 0 Å². The fourth-order valence-electron chi connectivity index (χ4n) is 2.45. The molecule has 2 heteroatoms. The van der Waals surface area contributed by atoms with E-state index in [2.05, 4.69) is 44.0 Å². The molecule has 0 aromatic heterocycles. The highest BCUT2D eigenvalue weighted by atomic mass is 16.3. The first-order valence-corrected chi connectivity index (χ1v) is 7.92. The molecule has 2 nitrogen and oxygen atoms in total. The maximum Gasteiger partial charge on any atom is 0.128 e. The fraction of sp³-hybridized carbons (Fsp3) is 0.350. The van der Waals surface area contributed by atoms with Gasteiger partial charge < -0.3 is 5.11 Å². The van der Waals surface area contributed by atoms with E-state index in [0.29, 0.717) is 12.3 Å². The Balaban J connectivity index is 2.66. The van der Waals surface area contributed by atoms with Crippen LogP contribution in [0.3, 0.4) is 0 Å². The van der Waals surface area contributed by atoms with E-state index in [9.17, 15) is 5.11 Å². The summed E-state index contributed by atoms with van der Waals surface area (Å²) in [5, 5.41) is 10.7.